The monoisotopic (exact) mass is 554 g/mol. The molecule has 0 radical (unpaired) electrons. The lowest BCUT2D eigenvalue weighted by Crippen LogP contribution is -2.37. The molecule has 3 fully saturated rings. The smallest absolute Gasteiger partial charge is 0.308 e. The minimum absolute atomic E-state index is 0.0124. The average Bonchev–Trinajstić information content (AvgIpc) is 3.33. The van der Waals surface area contributed by atoms with Crippen molar-refractivity contribution in [2.24, 2.45) is 23.7 Å². The topological polar surface area (TPSA) is 92.8 Å². The Bertz CT molecular complexity index is 920. The number of fused-ring (bicyclic) bond motifs is 5. The Balaban J connectivity index is 1.27. The molecule has 1 aliphatic heterocycles. The van der Waals surface area contributed by atoms with Crippen molar-refractivity contribution in [2.45, 2.75) is 36.3 Å². The van der Waals surface area contributed by atoms with Crippen LogP contribution in [0.15, 0.2) is 18.2 Å². The molecule has 0 spiro atoms. The number of anilines is 1. The lowest BCUT2D eigenvalue weighted by Gasteiger charge is -2.28. The van der Waals surface area contributed by atoms with Crippen LogP contribution in [0.4, 0.5) is 5.69 Å². The number of benzene rings is 1. The van der Waals surface area contributed by atoms with Gasteiger partial charge in [0.05, 0.1) is 18.3 Å². The third kappa shape index (κ3) is 4.06. The number of aryl methyl sites for hydroxylation is 2. The molecule has 2 saturated carbocycles. The van der Waals surface area contributed by atoms with Gasteiger partial charge in [0.15, 0.2) is 6.61 Å². The van der Waals surface area contributed by atoms with Gasteiger partial charge in [-0.2, -0.15) is 0 Å². The number of imide groups is 1. The molecule has 0 aromatic heterocycles. The van der Waals surface area contributed by atoms with E-state index in [1.807, 2.05) is 32.0 Å². The molecule has 1 aromatic rings. The van der Waals surface area contributed by atoms with Crippen molar-refractivity contribution in [3.63, 3.8) is 0 Å². The van der Waals surface area contributed by atoms with Crippen LogP contribution in [0.3, 0.4) is 0 Å². The van der Waals surface area contributed by atoms with Gasteiger partial charge in [0.25, 0.3) is 5.91 Å². The number of alkyl halides is 2. The summed E-state index contributed by atoms with van der Waals surface area (Å²) >= 11 is 7.30. The molecular formula is C22H24Br2N2O5. The third-order valence-electron chi connectivity index (χ3n) is 6.65. The molecule has 2 bridgehead atoms. The van der Waals surface area contributed by atoms with Gasteiger partial charge in [-0.25, -0.2) is 0 Å². The van der Waals surface area contributed by atoms with Crippen molar-refractivity contribution in [2.75, 3.05) is 18.5 Å². The highest BCUT2D eigenvalue weighted by molar-refractivity contribution is 9.12. The van der Waals surface area contributed by atoms with Gasteiger partial charge in [-0.1, -0.05) is 44.0 Å². The number of carbonyl (C=O) groups excluding carboxylic acids is 4. The second-order valence-electron chi connectivity index (χ2n) is 8.61. The molecule has 0 unspecified atom stereocenters. The number of hydrogen-bond acceptors (Lipinski definition) is 5. The molecule has 31 heavy (non-hydrogen) atoms. The van der Waals surface area contributed by atoms with Crippen molar-refractivity contribution < 1.29 is 23.9 Å². The number of nitrogens with zero attached hydrogens (tertiary/aromatic N) is 1. The van der Waals surface area contributed by atoms with E-state index in [1.54, 1.807) is 0 Å². The van der Waals surface area contributed by atoms with E-state index in [0.717, 1.165) is 17.5 Å². The van der Waals surface area contributed by atoms with Crippen molar-refractivity contribution in [1.82, 2.24) is 4.90 Å². The average molecular weight is 556 g/mol. The molecule has 3 amide bonds. The highest BCUT2D eigenvalue weighted by atomic mass is 79.9. The maximum absolute atomic E-state index is 12.8. The molecule has 2 aliphatic carbocycles. The predicted molar refractivity (Wildman–Crippen MR) is 121 cm³/mol. The van der Waals surface area contributed by atoms with Gasteiger partial charge in [-0.3, -0.25) is 24.1 Å². The van der Waals surface area contributed by atoms with Gasteiger partial charge < -0.3 is 10.1 Å². The number of amides is 3. The van der Waals surface area contributed by atoms with E-state index in [0.29, 0.717) is 5.69 Å². The van der Waals surface area contributed by atoms with Crippen LogP contribution in [-0.4, -0.2) is 51.4 Å². The molecule has 7 nitrogen and oxygen atoms in total. The summed E-state index contributed by atoms with van der Waals surface area (Å²) in [6, 6.07) is 5.69. The summed E-state index contributed by atoms with van der Waals surface area (Å²) in [6.07, 6.45) is 0.739. The van der Waals surface area contributed by atoms with Crippen LogP contribution >= 0.6 is 31.9 Å². The zero-order chi connectivity index (χ0) is 22.4. The van der Waals surface area contributed by atoms with E-state index in [1.165, 1.54) is 4.90 Å². The number of nitrogens with one attached hydrogen (secondary N) is 1. The van der Waals surface area contributed by atoms with Crippen molar-refractivity contribution in [3.8, 4) is 0 Å². The van der Waals surface area contributed by atoms with E-state index in [-0.39, 0.29) is 58.1 Å². The zero-order valence-corrected chi connectivity index (χ0v) is 20.4. The maximum atomic E-state index is 12.8. The standard InChI is InChI=1S/C22H24Br2N2O5/c1-10-3-4-11(2)14(7-10)25-15(27)9-31-16(28)5-6-26-21(29)17-12-8-13(18(17)22(26)30)20(24)19(12)23/h3-4,7,12-13,17-20H,5-6,8-9H2,1-2H3,(H,25,27)/t12-,13-,17-,18+,19-,20+/m1/s1. The summed E-state index contributed by atoms with van der Waals surface area (Å²) in [6.45, 7) is 3.37. The minimum Gasteiger partial charge on any atom is -0.456 e. The number of carbonyl (C=O) groups is 4. The van der Waals surface area contributed by atoms with Crippen LogP contribution in [0, 0.1) is 37.5 Å². The van der Waals surface area contributed by atoms with Gasteiger partial charge in [-0.05, 0) is 49.3 Å². The Labute approximate surface area is 197 Å². The molecule has 1 N–H and O–H groups in total. The van der Waals surface area contributed by atoms with Crippen LogP contribution in [-0.2, 0) is 23.9 Å². The van der Waals surface area contributed by atoms with E-state index in [9.17, 15) is 19.2 Å². The van der Waals surface area contributed by atoms with Crippen molar-refractivity contribution in [3.05, 3.63) is 29.3 Å². The lowest BCUT2D eigenvalue weighted by molar-refractivity contribution is -0.149. The number of likely N-dealkylation sites (tertiary alicyclic amines) is 1. The van der Waals surface area contributed by atoms with Gasteiger partial charge >= 0.3 is 5.97 Å². The summed E-state index contributed by atoms with van der Waals surface area (Å²) in [5, 5.41) is 2.73. The van der Waals surface area contributed by atoms with Gasteiger partial charge in [-0.15, -0.1) is 0 Å². The predicted octanol–water partition coefficient (Wildman–Crippen LogP) is 2.95. The fraction of sp³-hybridized carbons (Fsp3) is 0.545. The molecule has 6 atom stereocenters. The van der Waals surface area contributed by atoms with Crippen LogP contribution < -0.4 is 5.32 Å². The highest BCUT2D eigenvalue weighted by Crippen LogP contribution is 2.60. The van der Waals surface area contributed by atoms with E-state index >= 15 is 0 Å². The molecule has 1 heterocycles. The Morgan fingerprint density at radius 1 is 1.10 bits per heavy atom. The Morgan fingerprint density at radius 3 is 2.32 bits per heavy atom. The number of esters is 1. The lowest BCUT2D eigenvalue weighted by atomic mass is 9.81. The number of halogens is 2. The summed E-state index contributed by atoms with van der Waals surface area (Å²) in [4.78, 5) is 51.4. The second-order valence-corrected chi connectivity index (χ2v) is 10.7. The van der Waals surface area contributed by atoms with Crippen LogP contribution in [0.1, 0.15) is 24.0 Å². The largest absolute Gasteiger partial charge is 0.456 e. The first kappa shape index (κ1) is 22.5. The van der Waals surface area contributed by atoms with Crippen molar-refractivity contribution >= 4 is 61.2 Å². The fourth-order valence-corrected chi connectivity index (χ4v) is 6.98. The molecule has 166 valence electrons. The van der Waals surface area contributed by atoms with Crippen LogP contribution in [0.5, 0.6) is 0 Å². The fourth-order valence-electron chi connectivity index (χ4n) is 5.11. The third-order valence-corrected chi connectivity index (χ3v) is 9.86. The first-order valence-corrected chi connectivity index (χ1v) is 12.2. The quantitative estimate of drug-likeness (QED) is 0.331. The van der Waals surface area contributed by atoms with E-state index < -0.39 is 18.5 Å². The Kier molecular flexibility index (Phi) is 6.27. The number of ether oxygens (including phenoxy) is 1. The second kappa shape index (κ2) is 8.65. The Morgan fingerprint density at radius 2 is 1.71 bits per heavy atom. The van der Waals surface area contributed by atoms with Gasteiger partial charge in [0.1, 0.15) is 0 Å². The maximum Gasteiger partial charge on any atom is 0.308 e. The SMILES string of the molecule is Cc1ccc(C)c(NC(=O)COC(=O)CCN2C(=O)[C@@H]3[C@H]4C[C@@H]([C@H](Br)[C@@H]4Br)[C@@H]3C2=O)c1. The Hall–Kier alpha value is -1.74. The van der Waals surface area contributed by atoms with Crippen LogP contribution in [0.25, 0.3) is 0 Å². The molecule has 9 heteroatoms. The number of rotatable bonds is 6. The van der Waals surface area contributed by atoms with Crippen molar-refractivity contribution in [1.29, 1.82) is 0 Å². The van der Waals surface area contributed by atoms with Gasteiger partial charge in [0, 0.05) is 21.9 Å². The normalized spacial score (nSPS) is 31.2. The summed E-state index contributed by atoms with van der Waals surface area (Å²) in [7, 11) is 0. The highest BCUT2D eigenvalue weighted by Gasteiger charge is 2.66. The summed E-state index contributed by atoms with van der Waals surface area (Å²) in [5.41, 5.74) is 2.59. The number of hydrogen-bond donors (Lipinski definition) is 1. The first-order chi connectivity index (χ1) is 14.7. The minimum atomic E-state index is -0.617. The van der Waals surface area contributed by atoms with E-state index in [2.05, 4.69) is 37.2 Å². The molecule has 1 saturated heterocycles. The van der Waals surface area contributed by atoms with Gasteiger partial charge in [0.2, 0.25) is 11.8 Å². The summed E-state index contributed by atoms with van der Waals surface area (Å²) < 4.78 is 5.04. The molecular weight excluding hydrogens is 532 g/mol. The zero-order valence-electron chi connectivity index (χ0n) is 17.3. The van der Waals surface area contributed by atoms with E-state index in [4.69, 9.17) is 4.74 Å². The molecule has 3 aliphatic rings. The summed E-state index contributed by atoms with van der Waals surface area (Å²) in [5.74, 6) is -1.74. The first-order valence-electron chi connectivity index (χ1n) is 10.3. The molecule has 4 rings (SSSR count). The molecule has 1 aromatic carbocycles. The van der Waals surface area contributed by atoms with Crippen LogP contribution in [0.2, 0.25) is 0 Å².